The molecule has 14 heavy (non-hydrogen) atoms. The van der Waals surface area contributed by atoms with Crippen LogP contribution < -0.4 is 5.32 Å². The molecule has 1 aromatic rings. The Morgan fingerprint density at radius 3 is 2.79 bits per heavy atom. The predicted molar refractivity (Wildman–Crippen MR) is 57.5 cm³/mol. The van der Waals surface area contributed by atoms with Gasteiger partial charge in [-0.05, 0) is 24.1 Å². The Balaban J connectivity index is 1.82. The minimum absolute atomic E-state index is 0.519. The topological polar surface area (TPSA) is 21.3 Å². The van der Waals surface area contributed by atoms with E-state index in [4.69, 9.17) is 16.3 Å². The molecule has 2 rings (SSSR count). The van der Waals surface area contributed by atoms with Crippen molar-refractivity contribution in [3.05, 3.63) is 34.9 Å². The first-order chi connectivity index (χ1) is 6.84. The van der Waals surface area contributed by atoms with Crippen molar-refractivity contribution in [3.63, 3.8) is 0 Å². The van der Waals surface area contributed by atoms with Gasteiger partial charge in [-0.3, -0.25) is 0 Å². The van der Waals surface area contributed by atoms with Crippen LogP contribution in [-0.2, 0) is 11.3 Å². The van der Waals surface area contributed by atoms with E-state index < -0.39 is 0 Å². The second-order valence-electron chi connectivity index (χ2n) is 3.57. The fraction of sp³-hybridized carbons (Fsp3) is 0.455. The first-order valence-corrected chi connectivity index (χ1v) is 5.28. The molecule has 1 unspecified atom stereocenters. The number of hydrogen-bond donors (Lipinski definition) is 1. The number of rotatable bonds is 3. The molecule has 3 heteroatoms. The van der Waals surface area contributed by atoms with Crippen molar-refractivity contribution in [2.75, 3.05) is 13.2 Å². The smallest absolute Gasteiger partial charge is 0.0620 e. The molecule has 1 heterocycles. The Morgan fingerprint density at radius 1 is 1.36 bits per heavy atom. The quantitative estimate of drug-likeness (QED) is 0.828. The van der Waals surface area contributed by atoms with Crippen LogP contribution in [0.5, 0.6) is 0 Å². The third-order valence-corrected chi connectivity index (χ3v) is 2.69. The van der Waals surface area contributed by atoms with Crippen LogP contribution in [-0.4, -0.2) is 19.3 Å². The SMILES string of the molecule is Clc1ccc(CNC2CCOC2)cc1. The molecule has 1 aliphatic heterocycles. The highest BCUT2D eigenvalue weighted by Gasteiger charge is 2.13. The Bertz CT molecular complexity index is 280. The summed E-state index contributed by atoms with van der Waals surface area (Å²) in [4.78, 5) is 0. The van der Waals surface area contributed by atoms with Gasteiger partial charge in [-0.15, -0.1) is 0 Å². The monoisotopic (exact) mass is 211 g/mol. The standard InChI is InChI=1S/C11H14ClNO/c12-10-3-1-9(2-4-10)7-13-11-5-6-14-8-11/h1-4,11,13H,5-8H2. The highest BCUT2D eigenvalue weighted by molar-refractivity contribution is 6.30. The van der Waals surface area contributed by atoms with Crippen LogP contribution >= 0.6 is 11.6 Å². The molecule has 0 bridgehead atoms. The van der Waals surface area contributed by atoms with E-state index in [9.17, 15) is 0 Å². The Morgan fingerprint density at radius 2 is 2.14 bits per heavy atom. The summed E-state index contributed by atoms with van der Waals surface area (Å²) in [5.74, 6) is 0. The molecule has 0 saturated carbocycles. The highest BCUT2D eigenvalue weighted by atomic mass is 35.5. The van der Waals surface area contributed by atoms with E-state index >= 15 is 0 Å². The van der Waals surface area contributed by atoms with Gasteiger partial charge in [-0.25, -0.2) is 0 Å². The molecule has 76 valence electrons. The van der Waals surface area contributed by atoms with Gasteiger partial charge in [0.05, 0.1) is 6.61 Å². The van der Waals surface area contributed by atoms with Gasteiger partial charge < -0.3 is 10.1 Å². The van der Waals surface area contributed by atoms with Gasteiger partial charge in [0.2, 0.25) is 0 Å². The molecular formula is C11H14ClNO. The van der Waals surface area contributed by atoms with E-state index in [1.807, 2.05) is 24.3 Å². The summed E-state index contributed by atoms with van der Waals surface area (Å²) in [5, 5.41) is 4.24. The van der Waals surface area contributed by atoms with Crippen molar-refractivity contribution in [3.8, 4) is 0 Å². The Labute approximate surface area is 89.2 Å². The van der Waals surface area contributed by atoms with Gasteiger partial charge in [0, 0.05) is 24.2 Å². The van der Waals surface area contributed by atoms with Crippen LogP contribution in [0.15, 0.2) is 24.3 Å². The van der Waals surface area contributed by atoms with Crippen molar-refractivity contribution >= 4 is 11.6 Å². The summed E-state index contributed by atoms with van der Waals surface area (Å²) < 4.78 is 5.28. The van der Waals surface area contributed by atoms with Gasteiger partial charge in [-0.1, -0.05) is 23.7 Å². The molecule has 0 aliphatic carbocycles. The van der Waals surface area contributed by atoms with E-state index in [0.29, 0.717) is 6.04 Å². The highest BCUT2D eigenvalue weighted by Crippen LogP contribution is 2.10. The van der Waals surface area contributed by atoms with Crippen LogP contribution in [0.25, 0.3) is 0 Å². The van der Waals surface area contributed by atoms with E-state index in [0.717, 1.165) is 31.2 Å². The van der Waals surface area contributed by atoms with Crippen LogP contribution in [0.4, 0.5) is 0 Å². The molecule has 0 aromatic heterocycles. The van der Waals surface area contributed by atoms with Gasteiger partial charge >= 0.3 is 0 Å². The number of halogens is 1. The third kappa shape index (κ3) is 2.71. The summed E-state index contributed by atoms with van der Waals surface area (Å²) in [7, 11) is 0. The van der Waals surface area contributed by atoms with E-state index in [-0.39, 0.29) is 0 Å². The van der Waals surface area contributed by atoms with Crippen molar-refractivity contribution in [2.24, 2.45) is 0 Å². The summed E-state index contributed by atoms with van der Waals surface area (Å²) in [6.45, 7) is 2.62. The van der Waals surface area contributed by atoms with Gasteiger partial charge in [-0.2, -0.15) is 0 Å². The van der Waals surface area contributed by atoms with Crippen molar-refractivity contribution in [2.45, 2.75) is 19.0 Å². The zero-order valence-electron chi connectivity index (χ0n) is 8.00. The lowest BCUT2D eigenvalue weighted by Gasteiger charge is -2.10. The average molecular weight is 212 g/mol. The summed E-state index contributed by atoms with van der Waals surface area (Å²) in [5.41, 5.74) is 1.27. The van der Waals surface area contributed by atoms with Crippen LogP contribution in [0.1, 0.15) is 12.0 Å². The minimum Gasteiger partial charge on any atom is -0.380 e. The molecule has 2 nitrogen and oxygen atoms in total. The second-order valence-corrected chi connectivity index (χ2v) is 4.00. The molecule has 0 amide bonds. The normalized spacial score (nSPS) is 21.4. The van der Waals surface area contributed by atoms with E-state index in [1.54, 1.807) is 0 Å². The second kappa shape index (κ2) is 4.78. The van der Waals surface area contributed by atoms with Crippen molar-refractivity contribution in [1.29, 1.82) is 0 Å². The summed E-state index contributed by atoms with van der Waals surface area (Å²) in [6.07, 6.45) is 1.12. The molecule has 1 saturated heterocycles. The van der Waals surface area contributed by atoms with E-state index in [1.165, 1.54) is 5.56 Å². The largest absolute Gasteiger partial charge is 0.380 e. The van der Waals surface area contributed by atoms with Crippen molar-refractivity contribution in [1.82, 2.24) is 5.32 Å². The lowest BCUT2D eigenvalue weighted by atomic mass is 10.2. The summed E-state index contributed by atoms with van der Waals surface area (Å²) >= 11 is 5.80. The average Bonchev–Trinajstić information content (AvgIpc) is 2.70. The fourth-order valence-corrected chi connectivity index (χ4v) is 1.69. The fourth-order valence-electron chi connectivity index (χ4n) is 1.56. The van der Waals surface area contributed by atoms with Crippen LogP contribution in [0.3, 0.4) is 0 Å². The molecule has 1 fully saturated rings. The van der Waals surface area contributed by atoms with Gasteiger partial charge in [0.25, 0.3) is 0 Å². The molecule has 1 aromatic carbocycles. The minimum atomic E-state index is 0.519. The molecule has 1 aliphatic rings. The Hall–Kier alpha value is -0.570. The predicted octanol–water partition coefficient (Wildman–Crippen LogP) is 2.22. The first kappa shape index (κ1) is 9.97. The first-order valence-electron chi connectivity index (χ1n) is 4.90. The molecular weight excluding hydrogens is 198 g/mol. The lowest BCUT2D eigenvalue weighted by Crippen LogP contribution is -2.28. The lowest BCUT2D eigenvalue weighted by molar-refractivity contribution is 0.190. The van der Waals surface area contributed by atoms with Crippen LogP contribution in [0, 0.1) is 0 Å². The zero-order valence-corrected chi connectivity index (χ0v) is 8.76. The number of ether oxygens (including phenoxy) is 1. The molecule has 0 spiro atoms. The number of nitrogens with one attached hydrogen (secondary N) is 1. The molecule has 1 N–H and O–H groups in total. The van der Waals surface area contributed by atoms with Gasteiger partial charge in [0.15, 0.2) is 0 Å². The third-order valence-electron chi connectivity index (χ3n) is 2.44. The van der Waals surface area contributed by atoms with E-state index in [2.05, 4.69) is 5.32 Å². The van der Waals surface area contributed by atoms with Gasteiger partial charge in [0.1, 0.15) is 0 Å². The molecule has 0 radical (unpaired) electrons. The Kier molecular flexibility index (Phi) is 3.40. The number of hydrogen-bond acceptors (Lipinski definition) is 2. The maximum Gasteiger partial charge on any atom is 0.0620 e. The maximum absolute atomic E-state index is 5.80. The summed E-state index contributed by atoms with van der Waals surface area (Å²) in [6, 6.07) is 8.45. The number of benzene rings is 1. The molecule has 1 atom stereocenters. The maximum atomic E-state index is 5.80. The zero-order chi connectivity index (χ0) is 9.80. The van der Waals surface area contributed by atoms with Crippen LogP contribution in [0.2, 0.25) is 5.02 Å². The van der Waals surface area contributed by atoms with Crippen molar-refractivity contribution < 1.29 is 4.74 Å².